The summed E-state index contributed by atoms with van der Waals surface area (Å²) in [5.41, 5.74) is 6.97. The quantitative estimate of drug-likeness (QED) is 0.574. The number of hydrogen-bond donors (Lipinski definition) is 3. The highest BCUT2D eigenvalue weighted by atomic mass is 32.2. The van der Waals surface area contributed by atoms with Crippen molar-refractivity contribution in [2.45, 2.75) is 10.7 Å². The normalized spacial score (nSPS) is 10.6. The third kappa shape index (κ3) is 3.85. The number of aromatic carboxylic acids is 1. The van der Waals surface area contributed by atoms with E-state index in [1.165, 1.54) is 18.2 Å². The minimum absolute atomic E-state index is 0.0608. The van der Waals surface area contributed by atoms with E-state index in [-0.39, 0.29) is 5.56 Å². The van der Waals surface area contributed by atoms with Crippen LogP contribution in [0, 0.1) is 0 Å². The summed E-state index contributed by atoms with van der Waals surface area (Å²) in [6.07, 6.45) is 0. The van der Waals surface area contributed by atoms with Gasteiger partial charge in [0.2, 0.25) is 0 Å². The van der Waals surface area contributed by atoms with E-state index < -0.39 is 11.7 Å². The Kier molecular flexibility index (Phi) is 4.64. The summed E-state index contributed by atoms with van der Waals surface area (Å²) in [4.78, 5) is 11.3. The van der Waals surface area contributed by atoms with Gasteiger partial charge in [-0.25, -0.2) is 4.79 Å². The first-order valence-corrected chi connectivity index (χ1v) is 6.79. The van der Waals surface area contributed by atoms with Gasteiger partial charge in [-0.3, -0.25) is 0 Å². The first-order chi connectivity index (χ1) is 9.97. The molecule has 0 aliphatic heterocycles. The van der Waals surface area contributed by atoms with E-state index in [9.17, 15) is 13.6 Å². The maximum absolute atomic E-state index is 12.5. The van der Waals surface area contributed by atoms with Gasteiger partial charge in [0, 0.05) is 4.90 Å². The van der Waals surface area contributed by atoms with Crippen LogP contribution >= 0.6 is 11.8 Å². The number of para-hydroxylation sites is 1. The van der Waals surface area contributed by atoms with Crippen molar-refractivity contribution in [3.63, 3.8) is 0 Å². The lowest BCUT2D eigenvalue weighted by Gasteiger charge is -2.13. The Hall–Kier alpha value is -2.28. The van der Waals surface area contributed by atoms with Crippen LogP contribution in [0.1, 0.15) is 10.4 Å². The molecule has 2 rings (SSSR count). The Morgan fingerprint density at radius 3 is 2.57 bits per heavy atom. The Morgan fingerprint density at radius 2 is 1.90 bits per heavy atom. The average molecular weight is 310 g/mol. The smallest absolute Gasteiger partial charge is 0.335 e. The Balaban J connectivity index is 2.34. The standard InChI is InChI=1S/C14H12F2N2O2S/c15-14(16)21-12-4-2-1-3-10(12)18-11-7-8(13(19)20)5-6-9(11)17/h1-7,14,18H,17H2,(H,19,20). The monoisotopic (exact) mass is 310 g/mol. The predicted molar refractivity (Wildman–Crippen MR) is 79.4 cm³/mol. The highest BCUT2D eigenvalue weighted by Gasteiger charge is 2.12. The van der Waals surface area contributed by atoms with Crippen LogP contribution in [0.3, 0.4) is 0 Å². The first-order valence-electron chi connectivity index (χ1n) is 5.91. The fourth-order valence-corrected chi connectivity index (χ4v) is 2.31. The molecule has 0 heterocycles. The van der Waals surface area contributed by atoms with E-state index in [1.807, 2.05) is 0 Å². The Bertz CT molecular complexity index is 665. The van der Waals surface area contributed by atoms with Crippen LogP contribution in [0.2, 0.25) is 0 Å². The number of hydrogen-bond acceptors (Lipinski definition) is 4. The number of nitrogen functional groups attached to an aromatic ring is 1. The molecular formula is C14H12F2N2O2S. The third-order valence-electron chi connectivity index (χ3n) is 2.67. The van der Waals surface area contributed by atoms with Crippen LogP contribution in [-0.2, 0) is 0 Å². The zero-order chi connectivity index (χ0) is 15.4. The molecule has 0 aliphatic rings. The number of anilines is 3. The van der Waals surface area contributed by atoms with Crippen LogP contribution in [0.4, 0.5) is 25.8 Å². The Labute approximate surface area is 124 Å². The molecule has 0 radical (unpaired) electrons. The molecule has 0 atom stereocenters. The van der Waals surface area contributed by atoms with E-state index >= 15 is 0 Å². The van der Waals surface area contributed by atoms with Crippen LogP contribution in [0.25, 0.3) is 0 Å². The molecule has 0 aliphatic carbocycles. The highest BCUT2D eigenvalue weighted by molar-refractivity contribution is 7.99. The average Bonchev–Trinajstić information content (AvgIpc) is 2.42. The number of benzene rings is 2. The van der Waals surface area contributed by atoms with Crippen molar-refractivity contribution in [1.29, 1.82) is 0 Å². The molecule has 110 valence electrons. The summed E-state index contributed by atoms with van der Waals surface area (Å²) in [6, 6.07) is 10.7. The molecule has 2 aromatic rings. The molecule has 4 N–H and O–H groups in total. The van der Waals surface area contributed by atoms with Crippen LogP contribution < -0.4 is 11.1 Å². The summed E-state index contributed by atoms with van der Waals surface area (Å²) in [5, 5.41) is 11.9. The summed E-state index contributed by atoms with van der Waals surface area (Å²) >= 11 is 0.408. The molecule has 0 spiro atoms. The van der Waals surface area contributed by atoms with Crippen LogP contribution in [0.15, 0.2) is 47.4 Å². The lowest BCUT2D eigenvalue weighted by atomic mass is 10.1. The molecule has 0 bridgehead atoms. The van der Waals surface area contributed by atoms with E-state index in [4.69, 9.17) is 10.8 Å². The van der Waals surface area contributed by atoms with Gasteiger partial charge >= 0.3 is 5.97 Å². The van der Waals surface area contributed by atoms with Gasteiger partial charge in [-0.05, 0) is 30.3 Å². The summed E-state index contributed by atoms with van der Waals surface area (Å²) in [6.45, 7) is 0. The lowest BCUT2D eigenvalue weighted by Crippen LogP contribution is -2.02. The SMILES string of the molecule is Nc1ccc(C(=O)O)cc1Nc1ccccc1SC(F)F. The van der Waals surface area contributed by atoms with Crippen molar-refractivity contribution in [2.24, 2.45) is 0 Å². The van der Waals surface area contributed by atoms with E-state index in [1.54, 1.807) is 24.3 Å². The molecule has 0 aromatic heterocycles. The molecule has 0 unspecified atom stereocenters. The van der Waals surface area contributed by atoms with Gasteiger partial charge in [0.25, 0.3) is 5.76 Å². The van der Waals surface area contributed by atoms with Gasteiger partial charge in [0.05, 0.1) is 22.6 Å². The topological polar surface area (TPSA) is 75.4 Å². The molecule has 0 saturated carbocycles. The maximum Gasteiger partial charge on any atom is 0.335 e. The lowest BCUT2D eigenvalue weighted by molar-refractivity contribution is 0.0697. The molecule has 4 nitrogen and oxygen atoms in total. The number of nitrogens with one attached hydrogen (secondary N) is 1. The maximum atomic E-state index is 12.5. The molecule has 0 saturated heterocycles. The minimum Gasteiger partial charge on any atom is -0.478 e. The van der Waals surface area contributed by atoms with Crippen LogP contribution in [0.5, 0.6) is 0 Å². The largest absolute Gasteiger partial charge is 0.478 e. The van der Waals surface area contributed by atoms with Crippen LogP contribution in [-0.4, -0.2) is 16.8 Å². The highest BCUT2D eigenvalue weighted by Crippen LogP contribution is 2.34. The zero-order valence-electron chi connectivity index (χ0n) is 10.7. The number of rotatable bonds is 5. The minimum atomic E-state index is -2.55. The van der Waals surface area contributed by atoms with Crippen molar-refractivity contribution in [1.82, 2.24) is 0 Å². The van der Waals surface area contributed by atoms with Crippen molar-refractivity contribution in [3.05, 3.63) is 48.0 Å². The van der Waals surface area contributed by atoms with Crippen molar-refractivity contribution in [3.8, 4) is 0 Å². The van der Waals surface area contributed by atoms with Crippen molar-refractivity contribution >= 4 is 34.8 Å². The van der Waals surface area contributed by atoms with E-state index in [0.29, 0.717) is 33.7 Å². The fraction of sp³-hybridized carbons (Fsp3) is 0.0714. The predicted octanol–water partition coefficient (Wildman–Crippen LogP) is 4.03. The number of alkyl halides is 2. The third-order valence-corrected chi connectivity index (χ3v) is 3.46. The van der Waals surface area contributed by atoms with Crippen molar-refractivity contribution < 1.29 is 18.7 Å². The molecule has 0 fully saturated rings. The van der Waals surface area contributed by atoms with E-state index in [0.717, 1.165) is 0 Å². The summed E-state index contributed by atoms with van der Waals surface area (Å²) in [5.74, 6) is -3.64. The first kappa shape index (κ1) is 15.1. The number of carbonyl (C=O) groups is 1. The molecule has 0 amide bonds. The van der Waals surface area contributed by atoms with Gasteiger partial charge in [0.15, 0.2) is 0 Å². The molecule has 21 heavy (non-hydrogen) atoms. The second-order valence-electron chi connectivity index (χ2n) is 4.11. The number of nitrogens with two attached hydrogens (primary N) is 1. The zero-order valence-corrected chi connectivity index (χ0v) is 11.5. The summed E-state index contributed by atoms with van der Waals surface area (Å²) < 4.78 is 25.0. The molecular weight excluding hydrogens is 298 g/mol. The second kappa shape index (κ2) is 6.45. The van der Waals surface area contributed by atoms with Gasteiger partial charge in [-0.15, -0.1) is 0 Å². The van der Waals surface area contributed by atoms with Crippen molar-refractivity contribution in [2.75, 3.05) is 11.1 Å². The fourth-order valence-electron chi connectivity index (χ4n) is 1.71. The van der Waals surface area contributed by atoms with Gasteiger partial charge in [0.1, 0.15) is 0 Å². The molecule has 7 heteroatoms. The molecule has 2 aromatic carbocycles. The van der Waals surface area contributed by atoms with E-state index in [2.05, 4.69) is 5.32 Å². The second-order valence-corrected chi connectivity index (χ2v) is 5.14. The number of thioether (sulfide) groups is 1. The Morgan fingerprint density at radius 1 is 1.19 bits per heavy atom. The number of carboxylic acids is 1. The number of carboxylic acid groups (broad SMARTS) is 1. The van der Waals surface area contributed by atoms with Gasteiger partial charge in [-0.2, -0.15) is 8.78 Å². The van der Waals surface area contributed by atoms with Gasteiger partial charge in [-0.1, -0.05) is 23.9 Å². The number of halogens is 2. The summed E-state index contributed by atoms with van der Waals surface area (Å²) in [7, 11) is 0. The van der Waals surface area contributed by atoms with Gasteiger partial charge < -0.3 is 16.2 Å².